The molecule has 8 aromatic carbocycles. The van der Waals surface area contributed by atoms with E-state index in [1.165, 1.54) is 132 Å². The van der Waals surface area contributed by atoms with Crippen LogP contribution in [-0.4, -0.2) is 101 Å². The molecule has 4 aliphatic rings. The fourth-order valence-electron chi connectivity index (χ4n) is 17.6. The van der Waals surface area contributed by atoms with Crippen LogP contribution in [0.1, 0.15) is 255 Å². The number of rotatable bonds is 28. The van der Waals surface area contributed by atoms with E-state index < -0.39 is 0 Å². The van der Waals surface area contributed by atoms with Gasteiger partial charge in [-0.1, -0.05) is 294 Å². The van der Waals surface area contributed by atoms with Gasteiger partial charge in [-0.25, -0.2) is 9.98 Å². The zero-order valence-electron chi connectivity index (χ0n) is 87.8. The Balaban J connectivity index is 0.000000152. The van der Waals surface area contributed by atoms with Crippen molar-refractivity contribution >= 4 is 23.0 Å². The normalized spacial score (nSPS) is 13.2. The number of benzene rings is 8. The van der Waals surface area contributed by atoms with E-state index >= 15 is 0 Å². The fraction of sp³-hybridized carbons (Fsp3) is 0.426. The van der Waals surface area contributed by atoms with Crippen LogP contribution in [0.2, 0.25) is 0 Å². The van der Waals surface area contributed by atoms with Gasteiger partial charge in [0.15, 0.2) is 0 Å². The van der Waals surface area contributed by atoms with E-state index in [-0.39, 0.29) is 5.56 Å². The number of aromatic nitrogens is 11. The quantitative estimate of drug-likeness (QED) is 0.0467. The molecule has 0 radical (unpaired) electrons. The van der Waals surface area contributed by atoms with Gasteiger partial charge in [0, 0.05) is 87.7 Å². The highest BCUT2D eigenvalue weighted by molar-refractivity contribution is 5.89. The van der Waals surface area contributed by atoms with Crippen molar-refractivity contribution in [2.24, 2.45) is 57.3 Å². The summed E-state index contributed by atoms with van der Waals surface area (Å²) in [4.78, 5) is 25.9. The summed E-state index contributed by atoms with van der Waals surface area (Å²) in [5.41, 5.74) is 28.8. The van der Waals surface area contributed by atoms with Crippen LogP contribution in [0.4, 0.5) is 11.4 Å². The zero-order valence-corrected chi connectivity index (χ0v) is 87.8. The second-order valence-corrected chi connectivity index (χ2v) is 41.9. The summed E-state index contributed by atoms with van der Waals surface area (Å²) in [6.45, 7) is 57.2. The van der Waals surface area contributed by atoms with E-state index in [9.17, 15) is 4.79 Å². The number of hydrogen-bond acceptors (Lipinski definition) is 11. The van der Waals surface area contributed by atoms with Gasteiger partial charge in [-0.15, -0.1) is 0 Å². The molecule has 1 atom stereocenters. The molecule has 0 saturated carbocycles. The average Bonchev–Trinajstić information content (AvgIpc) is 1.63. The summed E-state index contributed by atoms with van der Waals surface area (Å²) < 4.78 is 17.1. The summed E-state index contributed by atoms with van der Waals surface area (Å²) in [6, 6.07) is 79.7. The number of amidine groups is 2. The molecular weight excluding hydrogens is 1710 g/mol. The lowest BCUT2D eigenvalue weighted by Gasteiger charge is -2.34. The van der Waals surface area contributed by atoms with Crippen molar-refractivity contribution in [3.05, 3.63) is 396 Å². The molecule has 0 amide bonds. The van der Waals surface area contributed by atoms with Crippen LogP contribution < -0.4 is 5.56 Å². The molecule has 1 unspecified atom stereocenters. The Kier molecular flexibility index (Phi) is 42.3. The average molecular weight is 1870 g/mol. The molecule has 4 aliphatic heterocycles. The zero-order chi connectivity index (χ0) is 99.3. The molecule has 736 valence electrons. The van der Waals surface area contributed by atoms with Crippen LogP contribution in [0, 0.1) is 75.0 Å². The highest BCUT2D eigenvalue weighted by atomic mass is 16.5. The van der Waals surface area contributed by atoms with E-state index in [0.29, 0.717) is 42.7 Å². The Morgan fingerprint density at radius 2 is 0.748 bits per heavy atom. The lowest BCUT2D eigenvalue weighted by atomic mass is 9.90. The van der Waals surface area contributed by atoms with Crippen molar-refractivity contribution in [2.75, 3.05) is 26.3 Å². The lowest BCUT2D eigenvalue weighted by molar-refractivity contribution is 0.112. The van der Waals surface area contributed by atoms with Gasteiger partial charge in [0.2, 0.25) is 0 Å². The van der Waals surface area contributed by atoms with Crippen molar-refractivity contribution in [2.45, 2.75) is 268 Å². The van der Waals surface area contributed by atoms with Crippen molar-refractivity contribution in [1.29, 1.82) is 0 Å². The number of piperidine rings is 1. The van der Waals surface area contributed by atoms with Crippen molar-refractivity contribution in [3.8, 4) is 0 Å². The number of nitrogens with zero attached hydrogens (tertiary/aromatic N) is 15. The molecule has 14 aromatic rings. The maximum Gasteiger partial charge on any atom is 0.250 e. The Hall–Kier alpha value is -12.3. The van der Waals surface area contributed by atoms with Crippen molar-refractivity contribution in [1.82, 2.24) is 63.3 Å². The number of ether oxygens (including phenoxy) is 1. The Morgan fingerprint density at radius 1 is 0.345 bits per heavy atom. The van der Waals surface area contributed by atoms with Crippen LogP contribution in [0.3, 0.4) is 0 Å². The van der Waals surface area contributed by atoms with Crippen molar-refractivity contribution < 1.29 is 4.74 Å². The lowest BCUT2D eigenvalue weighted by Crippen LogP contribution is -2.42. The molecule has 0 N–H and O–H groups in total. The van der Waals surface area contributed by atoms with Gasteiger partial charge >= 0.3 is 0 Å². The first-order valence-electron chi connectivity index (χ1n) is 51.4. The molecule has 2 saturated heterocycles. The molecule has 0 spiro atoms. The minimum atomic E-state index is 0.0451. The Labute approximate surface area is 833 Å². The standard InChI is InChI=1S/2C16H22N2.C16H19NO.C15H20N2O.3C15H20N2.C14H18N2/c1-12(2)9-13-6-7-15-14(10-13)11-18-8-4-3-5-16(18)17-15;1-12(2)9-15-5-7-16(8-6-15)11-18-14(4)10-13(3)17-18;1-13(2)11-14-6-8-15(9-7-14)12-17-10-4-3-5-16(17)18;1-11(2)7-12-3-4-14-13(8-12)9-17-5-6-18-10-15(17)16-14;1-12(2)13(3)15-7-5-14(6-8-15)11-17-10-4-9-16-17;1-12(2)8-14-4-6-15(7-5-14)11-17-10-13(3)9-16-17;1-12(2)10-14-4-6-15(7-5-14)11-17-9-8-13(3)16-17;1-12(2)10-13-4-6-14(7-5-13)11-16-9-3-8-15-16/h6-7,10,12H,3-5,8-9,11H2,1-2H3;5-8,10,12H,9,11H2,1-4H3;3-10,13H,11-12H2,1-2H3;3-4,8,11H,5-7,9-10H2,1-2H3;4-10,12-13H,11H2,1-3H3;4-7,9-10,12H,8,11H2,1-3H3;4-9,12H,10-11H2,1-3H3;3-9,12H,10-11H2,1-2H3. The smallest absolute Gasteiger partial charge is 0.250 e. The third-order valence-electron chi connectivity index (χ3n) is 24.9. The number of aryl methyl sites for hydroxylation is 4. The second kappa shape index (κ2) is 54.9. The Bertz CT molecular complexity index is 5840. The fourth-order valence-corrected chi connectivity index (χ4v) is 17.6. The largest absolute Gasteiger partial charge is 0.372 e. The van der Waals surface area contributed by atoms with Crippen LogP contribution in [0.15, 0.2) is 289 Å². The third-order valence-corrected chi connectivity index (χ3v) is 24.9. The second-order valence-electron chi connectivity index (χ2n) is 41.9. The summed E-state index contributed by atoms with van der Waals surface area (Å²) in [5.74, 6) is 8.67. The van der Waals surface area contributed by atoms with Gasteiger partial charge in [-0.05, 0) is 276 Å². The summed E-state index contributed by atoms with van der Waals surface area (Å²) in [7, 11) is 0. The molecular formula is C122H161N15O2. The minimum absolute atomic E-state index is 0.0451. The van der Waals surface area contributed by atoms with E-state index in [1.54, 1.807) is 16.7 Å². The Morgan fingerprint density at radius 3 is 1.14 bits per heavy atom. The van der Waals surface area contributed by atoms with Crippen molar-refractivity contribution in [3.63, 3.8) is 0 Å². The van der Waals surface area contributed by atoms with Gasteiger partial charge < -0.3 is 19.1 Å². The molecule has 0 bridgehead atoms. The number of hydrogen-bond donors (Lipinski definition) is 0. The molecule has 139 heavy (non-hydrogen) atoms. The first-order chi connectivity index (χ1) is 66.8. The van der Waals surface area contributed by atoms with Gasteiger partial charge in [0.1, 0.15) is 18.3 Å². The van der Waals surface area contributed by atoms with E-state index in [1.807, 2.05) is 100 Å². The number of morpholine rings is 1. The first-order valence-corrected chi connectivity index (χ1v) is 51.4. The molecule has 0 aliphatic carbocycles. The molecule has 18 rings (SSSR count). The predicted octanol–water partition coefficient (Wildman–Crippen LogP) is 27.2. The van der Waals surface area contributed by atoms with Gasteiger partial charge in [-0.2, -0.15) is 25.5 Å². The third kappa shape index (κ3) is 37.4. The number of aliphatic imine (C=N–C) groups is 2. The molecule has 17 nitrogen and oxygen atoms in total. The monoisotopic (exact) mass is 1870 g/mol. The highest BCUT2D eigenvalue weighted by Gasteiger charge is 2.25. The summed E-state index contributed by atoms with van der Waals surface area (Å²) in [6.07, 6.45) is 27.2. The van der Waals surface area contributed by atoms with Gasteiger partial charge in [-0.3, -0.25) is 28.2 Å². The molecule has 2 fully saturated rings. The van der Waals surface area contributed by atoms with Crippen LogP contribution in [0.5, 0.6) is 0 Å². The number of fused-ring (bicyclic) bond motifs is 4. The predicted molar refractivity (Wildman–Crippen MR) is 580 cm³/mol. The van der Waals surface area contributed by atoms with Crippen LogP contribution >= 0.6 is 0 Å². The summed E-state index contributed by atoms with van der Waals surface area (Å²) >= 11 is 0. The number of pyridine rings is 1. The van der Waals surface area contributed by atoms with E-state index in [4.69, 9.17) is 14.7 Å². The SMILES string of the molecule is CC(C)C(C)c1ccc(Cn2cccn2)cc1.CC(C)Cc1ccc(Cn2ccccc2=O)cc1.CC(C)Cc1ccc(Cn2cccn2)cc1.CC(C)Cc1ccc2c(c1)CN1CCCCC1=N2.CC(C)Cc1ccc2c(c1)CN1CCOCC1=N2.Cc1cc(C)n(Cc2ccc(CC(C)C)cc2)n1.Cc1ccn(Cc2ccc(CC(C)C)cc2)n1.Cc1cnn(Cc2ccc(CC(C)C)cc2)c1. The maximum atomic E-state index is 11.6. The van der Waals surface area contributed by atoms with Gasteiger partial charge in [0.05, 0.1) is 74.8 Å². The van der Waals surface area contributed by atoms with E-state index in [2.05, 4.69) is 366 Å². The minimum Gasteiger partial charge on any atom is -0.372 e. The first kappa shape index (κ1) is 107. The van der Waals surface area contributed by atoms with Gasteiger partial charge in [0.25, 0.3) is 5.56 Å². The molecule has 6 aromatic heterocycles. The van der Waals surface area contributed by atoms with E-state index in [0.717, 1.165) is 156 Å². The topological polar surface area (TPSA) is 152 Å². The molecule has 10 heterocycles. The maximum absolute atomic E-state index is 11.6. The molecule has 17 heteroatoms. The van der Waals surface area contributed by atoms with Crippen LogP contribution in [-0.2, 0) is 102 Å². The highest BCUT2D eigenvalue weighted by Crippen LogP contribution is 2.33. The van der Waals surface area contributed by atoms with Crippen LogP contribution in [0.25, 0.3) is 0 Å². The summed E-state index contributed by atoms with van der Waals surface area (Å²) in [5, 5.41) is 21.6.